The summed E-state index contributed by atoms with van der Waals surface area (Å²) in [6.07, 6.45) is 3.89. The van der Waals surface area contributed by atoms with Crippen LogP contribution in [0.1, 0.15) is 37.2 Å². The zero-order valence-electron chi connectivity index (χ0n) is 16.3. The van der Waals surface area contributed by atoms with Crippen LogP contribution in [0, 0.1) is 19.8 Å². The second-order valence-electron chi connectivity index (χ2n) is 6.89. The van der Waals surface area contributed by atoms with Gasteiger partial charge in [0.1, 0.15) is 5.82 Å². The van der Waals surface area contributed by atoms with Crippen molar-refractivity contribution in [2.75, 3.05) is 18.1 Å². The lowest BCUT2D eigenvalue weighted by atomic mass is 10.1. The van der Waals surface area contributed by atoms with Gasteiger partial charge < -0.3 is 15.2 Å². The maximum Gasteiger partial charge on any atom is 0.190 e. The molecule has 2 rings (SSSR count). The van der Waals surface area contributed by atoms with Gasteiger partial charge in [-0.1, -0.05) is 31.7 Å². The molecule has 0 radical (unpaired) electrons. The van der Waals surface area contributed by atoms with Crippen molar-refractivity contribution in [1.82, 2.24) is 20.1 Å². The third-order valence-electron chi connectivity index (χ3n) is 4.15. The summed E-state index contributed by atoms with van der Waals surface area (Å²) in [7, 11) is 0. The number of thiocarbonyl (C=S) groups is 1. The molecule has 0 amide bonds. The lowest BCUT2D eigenvalue weighted by molar-refractivity contribution is 0.477. The van der Waals surface area contributed by atoms with E-state index in [0.29, 0.717) is 11.0 Å². The predicted molar refractivity (Wildman–Crippen MR) is 115 cm³/mol. The first-order valence-corrected chi connectivity index (χ1v) is 10.6. The molecule has 0 aliphatic rings. The Labute approximate surface area is 166 Å². The Bertz CT molecular complexity index is 740. The summed E-state index contributed by atoms with van der Waals surface area (Å²) in [4.78, 5) is 0. The third kappa shape index (κ3) is 5.99. The van der Waals surface area contributed by atoms with Gasteiger partial charge in [0, 0.05) is 25.2 Å². The standard InChI is InChI=1S/C19H29N5S2/c1-13(2)12-24-17(22-23-19(24)26-5)7-6-10-20-18(25)21-16-9-8-14(3)15(4)11-16/h8-9,11,13H,6-7,10,12H2,1-5H3,(H2,20,21,25). The molecule has 5 nitrogen and oxygen atoms in total. The van der Waals surface area contributed by atoms with Crippen molar-refractivity contribution in [3.8, 4) is 0 Å². The van der Waals surface area contributed by atoms with Crippen LogP contribution >= 0.6 is 24.0 Å². The summed E-state index contributed by atoms with van der Waals surface area (Å²) in [5, 5.41) is 16.8. The topological polar surface area (TPSA) is 54.8 Å². The van der Waals surface area contributed by atoms with Crippen molar-refractivity contribution in [3.63, 3.8) is 0 Å². The molecule has 1 aromatic carbocycles. The zero-order valence-corrected chi connectivity index (χ0v) is 17.9. The van der Waals surface area contributed by atoms with Crippen molar-refractivity contribution >= 4 is 34.8 Å². The fourth-order valence-electron chi connectivity index (χ4n) is 2.65. The Kier molecular flexibility index (Phi) is 7.90. The molecule has 0 spiro atoms. The van der Waals surface area contributed by atoms with Gasteiger partial charge in [-0.2, -0.15) is 0 Å². The van der Waals surface area contributed by atoms with E-state index in [1.165, 1.54) is 11.1 Å². The van der Waals surface area contributed by atoms with E-state index in [0.717, 1.165) is 42.6 Å². The average molecular weight is 392 g/mol. The Morgan fingerprint density at radius 1 is 1.23 bits per heavy atom. The van der Waals surface area contributed by atoms with E-state index in [9.17, 15) is 0 Å². The monoisotopic (exact) mass is 391 g/mol. The maximum atomic E-state index is 5.39. The van der Waals surface area contributed by atoms with E-state index in [-0.39, 0.29) is 0 Å². The Balaban J connectivity index is 1.80. The van der Waals surface area contributed by atoms with Crippen LogP contribution in [-0.2, 0) is 13.0 Å². The average Bonchev–Trinajstić information content (AvgIpc) is 2.96. The number of aryl methyl sites for hydroxylation is 3. The van der Waals surface area contributed by atoms with Gasteiger partial charge in [0.15, 0.2) is 10.3 Å². The number of nitrogens with one attached hydrogen (secondary N) is 2. The first-order valence-electron chi connectivity index (χ1n) is 8.99. The fraction of sp³-hybridized carbons (Fsp3) is 0.526. The quantitative estimate of drug-likeness (QED) is 0.400. The molecule has 26 heavy (non-hydrogen) atoms. The summed E-state index contributed by atoms with van der Waals surface area (Å²) >= 11 is 7.04. The van der Waals surface area contributed by atoms with E-state index >= 15 is 0 Å². The van der Waals surface area contributed by atoms with Crippen LogP contribution in [0.5, 0.6) is 0 Å². The van der Waals surface area contributed by atoms with Gasteiger partial charge in [0.25, 0.3) is 0 Å². The highest BCUT2D eigenvalue weighted by Gasteiger charge is 2.12. The summed E-state index contributed by atoms with van der Waals surface area (Å²) in [5.41, 5.74) is 3.56. The molecule has 142 valence electrons. The van der Waals surface area contributed by atoms with Crippen LogP contribution in [0.3, 0.4) is 0 Å². The molecule has 1 heterocycles. The number of anilines is 1. The predicted octanol–water partition coefficient (Wildman–Crippen LogP) is 4.19. The van der Waals surface area contributed by atoms with Crippen LogP contribution in [0.4, 0.5) is 5.69 Å². The van der Waals surface area contributed by atoms with Gasteiger partial charge in [-0.05, 0) is 67.9 Å². The number of rotatable bonds is 8. The van der Waals surface area contributed by atoms with Crippen LogP contribution in [0.15, 0.2) is 23.4 Å². The van der Waals surface area contributed by atoms with Crippen molar-refractivity contribution in [1.29, 1.82) is 0 Å². The number of thioether (sulfide) groups is 1. The highest BCUT2D eigenvalue weighted by Crippen LogP contribution is 2.17. The van der Waals surface area contributed by atoms with Gasteiger partial charge >= 0.3 is 0 Å². The third-order valence-corrected chi connectivity index (χ3v) is 5.06. The molecule has 0 aliphatic carbocycles. The van der Waals surface area contributed by atoms with Crippen molar-refractivity contribution in [2.24, 2.45) is 5.92 Å². The van der Waals surface area contributed by atoms with Crippen LogP contribution < -0.4 is 10.6 Å². The van der Waals surface area contributed by atoms with Gasteiger partial charge in [0.2, 0.25) is 0 Å². The normalized spacial score (nSPS) is 11.0. The van der Waals surface area contributed by atoms with Crippen LogP contribution in [0.2, 0.25) is 0 Å². The molecule has 0 atom stereocenters. The maximum absolute atomic E-state index is 5.39. The van der Waals surface area contributed by atoms with E-state index in [1.54, 1.807) is 11.8 Å². The largest absolute Gasteiger partial charge is 0.362 e. The van der Waals surface area contributed by atoms with E-state index in [4.69, 9.17) is 12.2 Å². The summed E-state index contributed by atoms with van der Waals surface area (Å²) in [6.45, 7) is 10.4. The summed E-state index contributed by atoms with van der Waals surface area (Å²) in [5.74, 6) is 1.63. The van der Waals surface area contributed by atoms with Gasteiger partial charge in [-0.3, -0.25) is 0 Å². The minimum atomic E-state index is 0.573. The fourth-order valence-corrected chi connectivity index (χ4v) is 3.39. The van der Waals surface area contributed by atoms with Crippen molar-refractivity contribution < 1.29 is 0 Å². The minimum Gasteiger partial charge on any atom is -0.362 e. The molecule has 0 saturated carbocycles. The Hall–Kier alpha value is -1.60. The molecule has 2 aromatic rings. The second kappa shape index (κ2) is 9.92. The molecule has 1 aromatic heterocycles. The molecule has 0 unspecified atom stereocenters. The molecular weight excluding hydrogens is 362 g/mol. The van der Waals surface area contributed by atoms with Crippen molar-refractivity contribution in [3.05, 3.63) is 35.2 Å². The summed E-state index contributed by atoms with van der Waals surface area (Å²) in [6, 6.07) is 6.27. The number of hydrogen-bond acceptors (Lipinski definition) is 4. The first kappa shape index (κ1) is 20.7. The SMILES string of the molecule is CSc1nnc(CCCNC(=S)Nc2ccc(C)c(C)c2)n1CC(C)C. The van der Waals surface area contributed by atoms with E-state index in [2.05, 4.69) is 71.3 Å². The lowest BCUT2D eigenvalue weighted by Gasteiger charge is -2.13. The van der Waals surface area contributed by atoms with Crippen molar-refractivity contribution in [2.45, 2.75) is 52.2 Å². The van der Waals surface area contributed by atoms with Gasteiger partial charge in [0.05, 0.1) is 0 Å². The molecule has 2 N–H and O–H groups in total. The smallest absolute Gasteiger partial charge is 0.190 e. The highest BCUT2D eigenvalue weighted by molar-refractivity contribution is 7.98. The van der Waals surface area contributed by atoms with Gasteiger partial charge in [-0.15, -0.1) is 10.2 Å². The number of aromatic nitrogens is 3. The Morgan fingerprint density at radius 3 is 2.65 bits per heavy atom. The number of benzene rings is 1. The molecule has 0 bridgehead atoms. The molecule has 0 saturated heterocycles. The number of hydrogen-bond donors (Lipinski definition) is 2. The minimum absolute atomic E-state index is 0.573. The van der Waals surface area contributed by atoms with Gasteiger partial charge in [-0.25, -0.2) is 0 Å². The van der Waals surface area contributed by atoms with Crippen LogP contribution in [0.25, 0.3) is 0 Å². The molecule has 0 fully saturated rings. The number of nitrogens with zero attached hydrogens (tertiary/aromatic N) is 3. The first-order chi connectivity index (χ1) is 12.4. The zero-order chi connectivity index (χ0) is 19.1. The second-order valence-corrected chi connectivity index (χ2v) is 8.07. The molecule has 7 heteroatoms. The van der Waals surface area contributed by atoms with E-state index < -0.39 is 0 Å². The Morgan fingerprint density at radius 2 is 2.00 bits per heavy atom. The summed E-state index contributed by atoms with van der Waals surface area (Å²) < 4.78 is 2.24. The molecular formula is C19H29N5S2. The van der Waals surface area contributed by atoms with E-state index in [1.807, 2.05) is 6.26 Å². The molecule has 0 aliphatic heterocycles. The lowest BCUT2D eigenvalue weighted by Crippen LogP contribution is -2.29. The highest BCUT2D eigenvalue weighted by atomic mass is 32.2. The van der Waals surface area contributed by atoms with Crippen LogP contribution in [-0.4, -0.2) is 32.7 Å².